The number of nitrogens with zero attached hydrogens (tertiary/aromatic N) is 2. The van der Waals surface area contributed by atoms with E-state index in [9.17, 15) is 4.39 Å². The molecule has 0 amide bonds. The molecule has 94 valence electrons. The lowest BCUT2D eigenvalue weighted by Crippen LogP contribution is -2.02. The molecule has 4 nitrogen and oxygen atoms in total. The Bertz CT molecular complexity index is 579. The molecule has 7 heteroatoms. The van der Waals surface area contributed by atoms with Crippen LogP contribution in [0.2, 0.25) is 5.02 Å². The quantitative estimate of drug-likeness (QED) is 0.898. The monoisotopic (exact) mass is 330 g/mol. The first kappa shape index (κ1) is 13.0. The molecule has 2 aromatic rings. The molecule has 1 aromatic heterocycles. The lowest BCUT2D eigenvalue weighted by molar-refractivity contribution is 0.631. The number of aromatic nitrogens is 2. The summed E-state index contributed by atoms with van der Waals surface area (Å²) in [6.07, 6.45) is 1.44. The van der Waals surface area contributed by atoms with Crippen molar-refractivity contribution in [1.29, 1.82) is 0 Å². The molecule has 1 heterocycles. The third-order valence-electron chi connectivity index (χ3n) is 2.15. The van der Waals surface area contributed by atoms with Gasteiger partial charge in [-0.2, -0.15) is 4.98 Å². The van der Waals surface area contributed by atoms with Gasteiger partial charge in [0.15, 0.2) is 5.82 Å². The van der Waals surface area contributed by atoms with Crippen LogP contribution < -0.4 is 10.6 Å². The fraction of sp³-hybridized carbons (Fsp3) is 0.0909. The standard InChI is InChI=1S/C11H9BrClFN4/c1-15-11-16-5-7(13)10(18-11)17-9-3-2-6(12)4-8(9)14/h2-5H,1H3,(H2,15,16,17,18). The van der Waals surface area contributed by atoms with E-state index in [2.05, 4.69) is 36.5 Å². The minimum absolute atomic E-state index is 0.292. The Kier molecular flexibility index (Phi) is 3.98. The molecule has 0 atom stereocenters. The van der Waals surface area contributed by atoms with Gasteiger partial charge in [0.25, 0.3) is 0 Å². The van der Waals surface area contributed by atoms with Crippen LogP contribution >= 0.6 is 27.5 Å². The molecule has 0 aliphatic carbocycles. The van der Waals surface area contributed by atoms with Crippen molar-refractivity contribution < 1.29 is 4.39 Å². The molecule has 0 bridgehead atoms. The number of rotatable bonds is 3. The van der Waals surface area contributed by atoms with E-state index in [0.29, 0.717) is 26.9 Å². The zero-order valence-electron chi connectivity index (χ0n) is 9.34. The average molecular weight is 332 g/mol. The van der Waals surface area contributed by atoms with Gasteiger partial charge in [-0.1, -0.05) is 27.5 Å². The Labute approximate surface area is 117 Å². The van der Waals surface area contributed by atoms with Gasteiger partial charge in [0.05, 0.1) is 11.9 Å². The lowest BCUT2D eigenvalue weighted by Gasteiger charge is -2.09. The summed E-state index contributed by atoms with van der Waals surface area (Å²) in [6, 6.07) is 4.67. The molecule has 0 spiro atoms. The number of nitrogens with one attached hydrogen (secondary N) is 2. The fourth-order valence-electron chi connectivity index (χ4n) is 1.29. The van der Waals surface area contributed by atoms with Crippen molar-refractivity contribution in [2.45, 2.75) is 0 Å². The maximum Gasteiger partial charge on any atom is 0.224 e. The van der Waals surface area contributed by atoms with Gasteiger partial charge in [0, 0.05) is 11.5 Å². The van der Waals surface area contributed by atoms with Crippen LogP contribution in [0.1, 0.15) is 0 Å². The number of hydrogen-bond donors (Lipinski definition) is 2. The Balaban J connectivity index is 2.33. The van der Waals surface area contributed by atoms with Gasteiger partial charge in [0.1, 0.15) is 10.8 Å². The largest absolute Gasteiger partial charge is 0.357 e. The van der Waals surface area contributed by atoms with Gasteiger partial charge >= 0.3 is 0 Å². The molecule has 0 radical (unpaired) electrons. The highest BCUT2D eigenvalue weighted by Crippen LogP contribution is 2.26. The predicted octanol–water partition coefficient (Wildman–Crippen LogP) is 3.82. The third-order valence-corrected chi connectivity index (χ3v) is 2.92. The zero-order valence-corrected chi connectivity index (χ0v) is 11.7. The first-order chi connectivity index (χ1) is 8.60. The van der Waals surface area contributed by atoms with Gasteiger partial charge in [-0.15, -0.1) is 0 Å². The second kappa shape index (κ2) is 5.49. The molecule has 0 saturated carbocycles. The minimum atomic E-state index is -0.398. The molecule has 2 rings (SSSR count). The number of benzene rings is 1. The van der Waals surface area contributed by atoms with E-state index in [4.69, 9.17) is 11.6 Å². The van der Waals surface area contributed by atoms with Crippen LogP contribution in [0.3, 0.4) is 0 Å². The molecule has 2 N–H and O–H groups in total. The van der Waals surface area contributed by atoms with Crippen LogP contribution in [-0.4, -0.2) is 17.0 Å². The summed E-state index contributed by atoms with van der Waals surface area (Å²) >= 11 is 9.13. The Morgan fingerprint density at radius 1 is 1.39 bits per heavy atom. The summed E-state index contributed by atoms with van der Waals surface area (Å²) in [6.45, 7) is 0. The average Bonchev–Trinajstić information content (AvgIpc) is 2.35. The molecule has 1 aromatic carbocycles. The molecule has 0 aliphatic heterocycles. The summed E-state index contributed by atoms with van der Waals surface area (Å²) in [4.78, 5) is 8.05. The molecular formula is C11H9BrClFN4. The highest BCUT2D eigenvalue weighted by molar-refractivity contribution is 9.10. The normalized spacial score (nSPS) is 10.2. The van der Waals surface area contributed by atoms with Crippen LogP contribution in [0.25, 0.3) is 0 Å². The predicted molar refractivity (Wildman–Crippen MR) is 74.0 cm³/mol. The van der Waals surface area contributed by atoms with Crippen molar-refractivity contribution in [3.8, 4) is 0 Å². The van der Waals surface area contributed by atoms with Crippen molar-refractivity contribution in [2.24, 2.45) is 0 Å². The van der Waals surface area contributed by atoms with Gasteiger partial charge < -0.3 is 10.6 Å². The van der Waals surface area contributed by atoms with Crippen molar-refractivity contribution in [3.05, 3.63) is 39.7 Å². The molecular weight excluding hydrogens is 323 g/mol. The summed E-state index contributed by atoms with van der Waals surface area (Å²) in [5.41, 5.74) is 0.292. The SMILES string of the molecule is CNc1ncc(Cl)c(Nc2ccc(Br)cc2F)n1. The van der Waals surface area contributed by atoms with E-state index in [1.807, 2.05) is 0 Å². The molecule has 0 fully saturated rings. The van der Waals surface area contributed by atoms with Gasteiger partial charge in [-0.25, -0.2) is 9.37 Å². The number of hydrogen-bond acceptors (Lipinski definition) is 4. The van der Waals surface area contributed by atoms with Crippen LogP contribution in [0.5, 0.6) is 0 Å². The zero-order chi connectivity index (χ0) is 13.1. The summed E-state index contributed by atoms with van der Waals surface area (Å²) in [5, 5.41) is 5.92. The van der Waals surface area contributed by atoms with E-state index in [0.717, 1.165) is 0 Å². The van der Waals surface area contributed by atoms with Crippen LogP contribution in [0.4, 0.5) is 21.8 Å². The minimum Gasteiger partial charge on any atom is -0.357 e. The topological polar surface area (TPSA) is 49.8 Å². The van der Waals surface area contributed by atoms with E-state index in [-0.39, 0.29) is 0 Å². The van der Waals surface area contributed by atoms with Crippen LogP contribution in [0.15, 0.2) is 28.9 Å². The summed E-state index contributed by atoms with van der Waals surface area (Å²) in [5.74, 6) is 0.349. The van der Waals surface area contributed by atoms with Crippen LogP contribution in [0, 0.1) is 5.82 Å². The van der Waals surface area contributed by atoms with E-state index < -0.39 is 5.82 Å². The van der Waals surface area contributed by atoms with E-state index in [1.165, 1.54) is 12.3 Å². The van der Waals surface area contributed by atoms with Crippen molar-refractivity contribution >= 4 is 45.0 Å². The smallest absolute Gasteiger partial charge is 0.224 e. The second-order valence-electron chi connectivity index (χ2n) is 3.39. The molecule has 0 aliphatic rings. The maximum atomic E-state index is 13.7. The number of halogens is 3. The van der Waals surface area contributed by atoms with E-state index >= 15 is 0 Å². The molecule has 18 heavy (non-hydrogen) atoms. The van der Waals surface area contributed by atoms with Crippen molar-refractivity contribution in [3.63, 3.8) is 0 Å². The third kappa shape index (κ3) is 2.88. The Morgan fingerprint density at radius 2 is 2.17 bits per heavy atom. The number of anilines is 3. The van der Waals surface area contributed by atoms with Gasteiger partial charge in [-0.05, 0) is 18.2 Å². The first-order valence-electron chi connectivity index (χ1n) is 5.02. The second-order valence-corrected chi connectivity index (χ2v) is 4.71. The molecule has 0 unspecified atom stereocenters. The highest BCUT2D eigenvalue weighted by atomic mass is 79.9. The molecule has 0 saturated heterocycles. The lowest BCUT2D eigenvalue weighted by atomic mass is 10.3. The van der Waals surface area contributed by atoms with Gasteiger partial charge in [-0.3, -0.25) is 0 Å². The Morgan fingerprint density at radius 3 is 2.83 bits per heavy atom. The Hall–Kier alpha value is -1.40. The van der Waals surface area contributed by atoms with Crippen molar-refractivity contribution in [1.82, 2.24) is 9.97 Å². The van der Waals surface area contributed by atoms with E-state index in [1.54, 1.807) is 19.2 Å². The summed E-state index contributed by atoms with van der Waals surface area (Å²) in [7, 11) is 1.69. The summed E-state index contributed by atoms with van der Waals surface area (Å²) < 4.78 is 14.3. The maximum absolute atomic E-state index is 13.7. The van der Waals surface area contributed by atoms with Crippen LogP contribution in [-0.2, 0) is 0 Å². The van der Waals surface area contributed by atoms with Crippen molar-refractivity contribution in [2.75, 3.05) is 17.7 Å². The van der Waals surface area contributed by atoms with Gasteiger partial charge in [0.2, 0.25) is 5.95 Å². The first-order valence-corrected chi connectivity index (χ1v) is 6.19. The highest BCUT2D eigenvalue weighted by Gasteiger charge is 2.08. The fourth-order valence-corrected chi connectivity index (χ4v) is 1.77.